The molecule has 0 amide bonds. The van der Waals surface area contributed by atoms with E-state index in [1.165, 1.54) is 0 Å². The van der Waals surface area contributed by atoms with Gasteiger partial charge in [0, 0.05) is 15.6 Å². The Hall–Kier alpha value is -1.32. The largest absolute Gasteiger partial charge is 0.397 e. The molecule has 86 valence electrons. The van der Waals surface area contributed by atoms with E-state index >= 15 is 0 Å². The van der Waals surface area contributed by atoms with E-state index in [4.69, 9.17) is 17.3 Å². The third kappa shape index (κ3) is 2.51. The van der Waals surface area contributed by atoms with E-state index in [0.29, 0.717) is 21.8 Å². The fourth-order valence-electron chi connectivity index (χ4n) is 1.49. The first kappa shape index (κ1) is 12.1. The van der Waals surface area contributed by atoms with Crippen molar-refractivity contribution in [1.29, 1.82) is 0 Å². The summed E-state index contributed by atoms with van der Waals surface area (Å²) < 4.78 is 0.924. The first-order valence-electron chi connectivity index (χ1n) is 4.94. The number of halogens is 2. The van der Waals surface area contributed by atoms with E-state index < -0.39 is 0 Å². The van der Waals surface area contributed by atoms with Gasteiger partial charge in [0.15, 0.2) is 5.78 Å². The van der Waals surface area contributed by atoms with Crippen LogP contribution in [-0.2, 0) is 0 Å². The monoisotopic (exact) mass is 309 g/mol. The third-order valence-electron chi connectivity index (χ3n) is 2.40. The van der Waals surface area contributed by atoms with Crippen molar-refractivity contribution in [1.82, 2.24) is 0 Å². The molecular weight excluding hydrogens is 302 g/mol. The number of nitrogen functional groups attached to an aromatic ring is 1. The maximum atomic E-state index is 12.2. The van der Waals surface area contributed by atoms with E-state index in [-0.39, 0.29) is 5.78 Å². The van der Waals surface area contributed by atoms with Crippen LogP contribution in [0.15, 0.2) is 46.9 Å². The summed E-state index contributed by atoms with van der Waals surface area (Å²) in [5.74, 6) is -0.127. The predicted octanol–water partition coefficient (Wildman–Crippen LogP) is 3.92. The van der Waals surface area contributed by atoms with Gasteiger partial charge in [0.25, 0.3) is 0 Å². The van der Waals surface area contributed by atoms with Crippen molar-refractivity contribution in [2.45, 2.75) is 0 Å². The number of rotatable bonds is 2. The number of benzene rings is 2. The quantitative estimate of drug-likeness (QED) is 0.675. The molecule has 0 bridgehead atoms. The van der Waals surface area contributed by atoms with Crippen LogP contribution in [0.2, 0.25) is 5.02 Å². The van der Waals surface area contributed by atoms with Crippen molar-refractivity contribution in [3.8, 4) is 0 Å². The van der Waals surface area contributed by atoms with Gasteiger partial charge in [-0.05, 0) is 36.4 Å². The molecule has 2 aromatic rings. The molecule has 0 heterocycles. The molecule has 0 aliphatic heterocycles. The van der Waals surface area contributed by atoms with Crippen molar-refractivity contribution >= 4 is 39.0 Å². The number of ketones is 1. The number of nitrogens with two attached hydrogens (primary N) is 1. The van der Waals surface area contributed by atoms with Gasteiger partial charge in [0.05, 0.1) is 10.7 Å². The normalized spacial score (nSPS) is 10.2. The van der Waals surface area contributed by atoms with E-state index in [9.17, 15) is 4.79 Å². The number of para-hydroxylation sites is 1. The highest BCUT2D eigenvalue weighted by molar-refractivity contribution is 9.10. The second-order valence-corrected chi connectivity index (χ2v) is 4.86. The topological polar surface area (TPSA) is 43.1 Å². The lowest BCUT2D eigenvalue weighted by atomic mass is 10.0. The summed E-state index contributed by atoms with van der Waals surface area (Å²) in [6, 6.07) is 12.2. The molecule has 0 saturated carbocycles. The number of hydrogen-bond acceptors (Lipinski definition) is 2. The van der Waals surface area contributed by atoms with Gasteiger partial charge in [-0.1, -0.05) is 33.6 Å². The van der Waals surface area contributed by atoms with Crippen molar-refractivity contribution in [2.75, 3.05) is 5.73 Å². The smallest absolute Gasteiger partial charge is 0.195 e. The van der Waals surface area contributed by atoms with Crippen LogP contribution in [0.4, 0.5) is 5.69 Å². The molecule has 0 aliphatic carbocycles. The Labute approximate surface area is 113 Å². The molecule has 2 rings (SSSR count). The fourth-order valence-corrected chi connectivity index (χ4v) is 1.93. The minimum absolute atomic E-state index is 0.127. The number of carbonyl (C=O) groups excluding carboxylic acids is 1. The van der Waals surface area contributed by atoms with Crippen LogP contribution in [0.1, 0.15) is 15.9 Å². The first-order chi connectivity index (χ1) is 8.09. The Morgan fingerprint density at radius 1 is 1.12 bits per heavy atom. The van der Waals surface area contributed by atoms with Gasteiger partial charge in [-0.25, -0.2) is 0 Å². The molecule has 0 radical (unpaired) electrons. The van der Waals surface area contributed by atoms with E-state index in [1.54, 1.807) is 30.3 Å². The van der Waals surface area contributed by atoms with Gasteiger partial charge in [-0.3, -0.25) is 4.79 Å². The van der Waals surface area contributed by atoms with Crippen LogP contribution in [-0.4, -0.2) is 5.78 Å². The van der Waals surface area contributed by atoms with Gasteiger partial charge in [0.1, 0.15) is 0 Å². The second-order valence-electron chi connectivity index (χ2n) is 3.54. The molecule has 0 fully saturated rings. The molecule has 17 heavy (non-hydrogen) atoms. The standard InChI is InChI=1S/C13H9BrClNO/c14-9-6-4-8(5-7-9)13(17)10-2-1-3-11(15)12(10)16/h1-7H,16H2. The van der Waals surface area contributed by atoms with Gasteiger partial charge >= 0.3 is 0 Å². The number of hydrogen-bond donors (Lipinski definition) is 1. The average Bonchev–Trinajstić information content (AvgIpc) is 2.33. The minimum Gasteiger partial charge on any atom is -0.397 e. The molecule has 0 atom stereocenters. The zero-order chi connectivity index (χ0) is 12.4. The summed E-state index contributed by atoms with van der Waals surface area (Å²) in [7, 11) is 0. The Kier molecular flexibility index (Phi) is 3.50. The highest BCUT2D eigenvalue weighted by atomic mass is 79.9. The lowest BCUT2D eigenvalue weighted by molar-refractivity contribution is 0.103. The van der Waals surface area contributed by atoms with Gasteiger partial charge in [-0.2, -0.15) is 0 Å². The average molecular weight is 311 g/mol. The summed E-state index contributed by atoms with van der Waals surface area (Å²) in [4.78, 5) is 12.2. The molecule has 4 heteroatoms. The Morgan fingerprint density at radius 3 is 2.41 bits per heavy atom. The van der Waals surface area contributed by atoms with Crippen molar-refractivity contribution in [3.63, 3.8) is 0 Å². The third-order valence-corrected chi connectivity index (χ3v) is 3.26. The molecule has 2 N–H and O–H groups in total. The van der Waals surface area contributed by atoms with Crippen LogP contribution < -0.4 is 5.73 Å². The molecule has 0 aromatic heterocycles. The highest BCUT2D eigenvalue weighted by Gasteiger charge is 2.13. The van der Waals surface area contributed by atoms with Crippen molar-refractivity contribution < 1.29 is 4.79 Å². The van der Waals surface area contributed by atoms with E-state index in [1.807, 2.05) is 12.1 Å². The van der Waals surface area contributed by atoms with Crippen molar-refractivity contribution in [2.24, 2.45) is 0 Å². The molecule has 0 unspecified atom stereocenters. The van der Waals surface area contributed by atoms with E-state index in [2.05, 4.69) is 15.9 Å². The summed E-state index contributed by atoms with van der Waals surface area (Å²) in [6.45, 7) is 0. The maximum absolute atomic E-state index is 12.2. The summed E-state index contributed by atoms with van der Waals surface area (Å²) in [5, 5.41) is 0.396. The van der Waals surface area contributed by atoms with Gasteiger partial charge < -0.3 is 5.73 Å². The van der Waals surface area contributed by atoms with Crippen LogP contribution in [0, 0.1) is 0 Å². The lowest BCUT2D eigenvalue weighted by Crippen LogP contribution is -2.05. The summed E-state index contributed by atoms with van der Waals surface area (Å²) in [5.41, 5.74) is 7.13. The molecule has 0 spiro atoms. The first-order valence-corrected chi connectivity index (χ1v) is 6.11. The zero-order valence-electron chi connectivity index (χ0n) is 8.78. The second kappa shape index (κ2) is 4.90. The highest BCUT2D eigenvalue weighted by Crippen LogP contribution is 2.25. The number of carbonyl (C=O) groups is 1. The molecule has 0 aliphatic rings. The van der Waals surface area contributed by atoms with Crippen LogP contribution in [0.25, 0.3) is 0 Å². The summed E-state index contributed by atoms with van der Waals surface area (Å²) >= 11 is 9.21. The lowest BCUT2D eigenvalue weighted by Gasteiger charge is -2.06. The van der Waals surface area contributed by atoms with Crippen LogP contribution >= 0.6 is 27.5 Å². The fraction of sp³-hybridized carbons (Fsp3) is 0. The Bertz CT molecular complexity index is 566. The van der Waals surface area contributed by atoms with E-state index in [0.717, 1.165) is 4.47 Å². The Morgan fingerprint density at radius 2 is 1.76 bits per heavy atom. The minimum atomic E-state index is -0.127. The van der Waals surface area contributed by atoms with Gasteiger partial charge in [-0.15, -0.1) is 0 Å². The molecular formula is C13H9BrClNO. The number of anilines is 1. The molecule has 2 aromatic carbocycles. The van der Waals surface area contributed by atoms with Crippen LogP contribution in [0.3, 0.4) is 0 Å². The summed E-state index contributed by atoms with van der Waals surface area (Å²) in [6.07, 6.45) is 0. The molecule has 2 nitrogen and oxygen atoms in total. The van der Waals surface area contributed by atoms with Gasteiger partial charge in [0.2, 0.25) is 0 Å². The Balaban J connectivity index is 2.44. The molecule has 0 saturated heterocycles. The van der Waals surface area contributed by atoms with Crippen LogP contribution in [0.5, 0.6) is 0 Å². The SMILES string of the molecule is Nc1c(Cl)cccc1C(=O)c1ccc(Br)cc1. The predicted molar refractivity (Wildman–Crippen MR) is 73.4 cm³/mol. The van der Waals surface area contributed by atoms with Crippen molar-refractivity contribution in [3.05, 3.63) is 63.1 Å². The maximum Gasteiger partial charge on any atom is 0.195 e. The zero-order valence-corrected chi connectivity index (χ0v) is 11.1.